The molecule has 1 amide bonds. The first-order valence-corrected chi connectivity index (χ1v) is 10.1. The Hall–Kier alpha value is -2.17. The number of carbonyl (C=O) groups is 1. The molecule has 2 aromatic rings. The highest BCUT2D eigenvalue weighted by molar-refractivity contribution is 7.89. The van der Waals surface area contributed by atoms with Crippen LogP contribution >= 0.6 is 0 Å². The third-order valence-corrected chi connectivity index (χ3v) is 6.98. The third-order valence-electron chi connectivity index (χ3n) is 5.09. The Bertz CT molecular complexity index is 981. The minimum atomic E-state index is -3.67. The molecular weight excluding hydrogens is 358 g/mol. The van der Waals surface area contributed by atoms with Gasteiger partial charge in [-0.1, -0.05) is 0 Å². The molecule has 4 rings (SSSR count). The fourth-order valence-electron chi connectivity index (χ4n) is 3.59. The van der Waals surface area contributed by atoms with Crippen LogP contribution in [0, 0.1) is 5.92 Å². The van der Waals surface area contributed by atoms with Gasteiger partial charge < -0.3 is 20.2 Å². The Morgan fingerprint density at radius 2 is 1.81 bits per heavy atom. The van der Waals surface area contributed by atoms with Gasteiger partial charge in [0.15, 0.2) is 0 Å². The van der Waals surface area contributed by atoms with E-state index in [-0.39, 0.29) is 35.5 Å². The zero-order valence-corrected chi connectivity index (χ0v) is 15.0. The van der Waals surface area contributed by atoms with Crippen LogP contribution in [0.3, 0.4) is 0 Å². The maximum Gasteiger partial charge on any atom is 0.323 e. The quantitative estimate of drug-likeness (QED) is 0.652. The first-order chi connectivity index (χ1) is 12.4. The third kappa shape index (κ3) is 3.04. The minimum Gasteiger partial charge on any atom is -0.340 e. The van der Waals surface area contributed by atoms with Crippen molar-refractivity contribution in [3.8, 4) is 0 Å². The molecule has 140 valence electrons. The predicted molar refractivity (Wildman–Crippen MR) is 95.2 cm³/mol. The van der Waals surface area contributed by atoms with E-state index in [1.807, 2.05) is 0 Å². The van der Waals surface area contributed by atoms with Crippen LogP contribution in [0.15, 0.2) is 27.9 Å². The van der Waals surface area contributed by atoms with Gasteiger partial charge in [0, 0.05) is 32.7 Å². The minimum absolute atomic E-state index is 0.00554. The molecule has 0 aliphatic carbocycles. The van der Waals surface area contributed by atoms with Crippen LogP contribution in [0.1, 0.15) is 6.42 Å². The van der Waals surface area contributed by atoms with Crippen molar-refractivity contribution in [3.63, 3.8) is 0 Å². The number of aromatic amines is 2. The number of nitrogens with one attached hydrogen (secondary N) is 3. The number of H-pyrrole nitrogens is 2. The van der Waals surface area contributed by atoms with E-state index in [0.717, 1.165) is 13.0 Å². The molecule has 1 aromatic heterocycles. The molecule has 1 atom stereocenters. The number of benzene rings is 1. The zero-order valence-electron chi connectivity index (χ0n) is 14.2. The van der Waals surface area contributed by atoms with Crippen molar-refractivity contribution in [1.82, 2.24) is 24.5 Å². The fourth-order valence-corrected chi connectivity index (χ4v) is 5.04. The number of sulfonamides is 1. The number of imidazole rings is 1. The Labute approximate surface area is 150 Å². The van der Waals surface area contributed by atoms with E-state index in [1.165, 1.54) is 16.4 Å². The lowest BCUT2D eigenvalue weighted by molar-refractivity contribution is -0.136. The van der Waals surface area contributed by atoms with Crippen LogP contribution in [0.25, 0.3) is 11.0 Å². The van der Waals surface area contributed by atoms with Crippen LogP contribution in [0.2, 0.25) is 0 Å². The highest BCUT2D eigenvalue weighted by Gasteiger charge is 2.33. The van der Waals surface area contributed by atoms with Crippen molar-refractivity contribution in [2.45, 2.75) is 11.3 Å². The van der Waals surface area contributed by atoms with Crippen molar-refractivity contribution >= 4 is 27.0 Å². The van der Waals surface area contributed by atoms with Gasteiger partial charge in [0.1, 0.15) is 0 Å². The normalized spacial score (nSPS) is 22.2. The maximum atomic E-state index is 12.9. The van der Waals surface area contributed by atoms with E-state index in [4.69, 9.17) is 0 Å². The van der Waals surface area contributed by atoms with Gasteiger partial charge in [0.25, 0.3) is 0 Å². The molecule has 3 heterocycles. The monoisotopic (exact) mass is 379 g/mol. The molecule has 0 radical (unpaired) electrons. The molecule has 1 unspecified atom stereocenters. The highest BCUT2D eigenvalue weighted by atomic mass is 32.2. The topological polar surface area (TPSA) is 118 Å². The number of rotatable bonds is 3. The summed E-state index contributed by atoms with van der Waals surface area (Å²) in [7, 11) is -3.67. The van der Waals surface area contributed by atoms with Crippen LogP contribution in [-0.4, -0.2) is 72.8 Å². The summed E-state index contributed by atoms with van der Waals surface area (Å²) in [6.07, 6.45) is 0.840. The second-order valence-electron chi connectivity index (χ2n) is 6.71. The average molecular weight is 379 g/mol. The number of aromatic nitrogens is 2. The summed E-state index contributed by atoms with van der Waals surface area (Å²) in [5.41, 5.74) is 0.649. The van der Waals surface area contributed by atoms with Crippen molar-refractivity contribution < 1.29 is 13.2 Å². The molecular formula is C16H21N5O4S. The summed E-state index contributed by atoms with van der Waals surface area (Å²) in [5, 5.41) is 3.18. The zero-order chi connectivity index (χ0) is 18.3. The average Bonchev–Trinajstić information content (AvgIpc) is 3.29. The molecule has 2 saturated heterocycles. The number of amides is 1. The smallest absolute Gasteiger partial charge is 0.323 e. The van der Waals surface area contributed by atoms with E-state index in [0.29, 0.717) is 30.7 Å². The Morgan fingerprint density at radius 1 is 1.08 bits per heavy atom. The molecule has 9 nitrogen and oxygen atoms in total. The van der Waals surface area contributed by atoms with Crippen LogP contribution < -0.4 is 11.0 Å². The summed E-state index contributed by atoms with van der Waals surface area (Å²) in [6.45, 7) is 2.90. The molecule has 2 fully saturated rings. The van der Waals surface area contributed by atoms with Crippen LogP contribution in [-0.2, 0) is 14.8 Å². The number of carbonyl (C=O) groups excluding carboxylic acids is 1. The summed E-state index contributed by atoms with van der Waals surface area (Å²) in [4.78, 5) is 30.9. The summed E-state index contributed by atoms with van der Waals surface area (Å²) >= 11 is 0. The largest absolute Gasteiger partial charge is 0.340 e. The van der Waals surface area contributed by atoms with Crippen LogP contribution in [0.5, 0.6) is 0 Å². The Kier molecular flexibility index (Phi) is 4.33. The molecule has 26 heavy (non-hydrogen) atoms. The maximum absolute atomic E-state index is 12.9. The number of hydrogen-bond donors (Lipinski definition) is 3. The lowest BCUT2D eigenvalue weighted by atomic mass is 10.1. The van der Waals surface area contributed by atoms with Crippen molar-refractivity contribution in [2.75, 3.05) is 39.3 Å². The van der Waals surface area contributed by atoms with Gasteiger partial charge in [0.05, 0.1) is 21.8 Å². The van der Waals surface area contributed by atoms with E-state index >= 15 is 0 Å². The highest BCUT2D eigenvalue weighted by Crippen LogP contribution is 2.21. The van der Waals surface area contributed by atoms with E-state index < -0.39 is 10.0 Å². The number of fused-ring (bicyclic) bond motifs is 1. The Morgan fingerprint density at radius 3 is 2.50 bits per heavy atom. The van der Waals surface area contributed by atoms with E-state index in [1.54, 1.807) is 11.0 Å². The molecule has 10 heteroatoms. The van der Waals surface area contributed by atoms with Crippen LogP contribution in [0.4, 0.5) is 0 Å². The lowest BCUT2D eigenvalue weighted by Gasteiger charge is -2.35. The SMILES string of the molecule is O=C(C1CCNC1)N1CCN(S(=O)(=O)c2ccc3[nH]c(=O)[nH]c3c2)CC1. The molecule has 2 aliphatic rings. The van der Waals surface area contributed by atoms with Gasteiger partial charge in [0.2, 0.25) is 15.9 Å². The number of nitrogens with zero attached hydrogens (tertiary/aromatic N) is 2. The molecule has 1 aromatic carbocycles. The second kappa shape index (κ2) is 6.53. The second-order valence-corrected chi connectivity index (χ2v) is 8.64. The van der Waals surface area contributed by atoms with Gasteiger partial charge in [-0.25, -0.2) is 13.2 Å². The fraction of sp³-hybridized carbons (Fsp3) is 0.500. The molecule has 3 N–H and O–H groups in total. The van der Waals surface area contributed by atoms with Crippen molar-refractivity contribution in [3.05, 3.63) is 28.7 Å². The standard InChI is InChI=1S/C16H21N5O4S/c22-15(11-3-4-17-10-11)20-5-7-21(8-6-20)26(24,25)12-1-2-13-14(9-12)19-16(23)18-13/h1-2,9,11,17H,3-8,10H2,(H2,18,19,23). The van der Waals surface area contributed by atoms with Crippen molar-refractivity contribution in [2.24, 2.45) is 5.92 Å². The summed E-state index contributed by atoms with van der Waals surface area (Å²) < 4.78 is 27.2. The van der Waals surface area contributed by atoms with E-state index in [9.17, 15) is 18.0 Å². The summed E-state index contributed by atoms with van der Waals surface area (Å²) in [5.74, 6) is 0.115. The molecule has 2 aliphatic heterocycles. The molecule has 0 saturated carbocycles. The lowest BCUT2D eigenvalue weighted by Crippen LogP contribution is -2.52. The number of piperazine rings is 1. The van der Waals surface area contributed by atoms with Gasteiger partial charge in [-0.15, -0.1) is 0 Å². The summed E-state index contributed by atoms with van der Waals surface area (Å²) in [6, 6.07) is 4.53. The molecule has 0 bridgehead atoms. The predicted octanol–water partition coefficient (Wildman–Crippen LogP) is -0.701. The van der Waals surface area contributed by atoms with Gasteiger partial charge in [-0.3, -0.25) is 4.79 Å². The number of hydrogen-bond acceptors (Lipinski definition) is 5. The van der Waals surface area contributed by atoms with Gasteiger partial charge >= 0.3 is 5.69 Å². The first-order valence-electron chi connectivity index (χ1n) is 8.67. The Balaban J connectivity index is 1.48. The first kappa shape index (κ1) is 17.3. The molecule has 0 spiro atoms. The van der Waals surface area contributed by atoms with Gasteiger partial charge in [-0.2, -0.15) is 4.31 Å². The van der Waals surface area contributed by atoms with E-state index in [2.05, 4.69) is 15.3 Å². The van der Waals surface area contributed by atoms with Gasteiger partial charge in [-0.05, 0) is 31.2 Å². The van der Waals surface area contributed by atoms with Crippen molar-refractivity contribution in [1.29, 1.82) is 0 Å².